The van der Waals surface area contributed by atoms with E-state index in [4.69, 9.17) is 18.6 Å². The number of halogens is 1. The molecule has 0 aromatic carbocycles. The lowest BCUT2D eigenvalue weighted by molar-refractivity contribution is -0.238. The molecule has 146 valence electrons. The quantitative estimate of drug-likeness (QED) is 0.398. The molecule has 1 N–H and O–H groups in total. The van der Waals surface area contributed by atoms with Gasteiger partial charge in [0.15, 0.2) is 14.6 Å². The Bertz CT molecular complexity index is 491. The summed E-state index contributed by atoms with van der Waals surface area (Å²) in [5, 5.41) is 10.0. The van der Waals surface area contributed by atoms with Gasteiger partial charge in [0.25, 0.3) is 0 Å². The number of hydrogen-bond donors (Lipinski definition) is 1. The summed E-state index contributed by atoms with van der Waals surface area (Å²) in [6.45, 7) is 12.9. The van der Waals surface area contributed by atoms with Crippen molar-refractivity contribution in [2.45, 2.75) is 82.2 Å². The third-order valence-electron chi connectivity index (χ3n) is 4.58. The fourth-order valence-corrected chi connectivity index (χ4v) is 4.06. The summed E-state index contributed by atoms with van der Waals surface area (Å²) in [6, 6.07) is 0. The number of hydrogen-bond acceptors (Lipinski definition) is 7. The SMILES string of the molecule is CC(=O)OC[C@H]1O[C@H](O)[C@H](Br)[C@@H](OC(C)=O)[C@@H]1O[Si](C)(C)C(C)(C)C. The highest BCUT2D eigenvalue weighted by atomic mass is 79.9. The maximum absolute atomic E-state index is 11.5. The van der Waals surface area contributed by atoms with Crippen molar-refractivity contribution in [1.29, 1.82) is 0 Å². The predicted octanol–water partition coefficient (Wildman–Crippen LogP) is 2.35. The molecule has 0 amide bonds. The molecule has 0 bridgehead atoms. The van der Waals surface area contributed by atoms with Gasteiger partial charge < -0.3 is 23.7 Å². The van der Waals surface area contributed by atoms with E-state index < -0.39 is 49.7 Å². The number of esters is 2. The molecule has 9 heteroatoms. The van der Waals surface area contributed by atoms with Crippen LogP contribution in [0.5, 0.6) is 0 Å². The number of alkyl halides is 1. The molecule has 5 atom stereocenters. The van der Waals surface area contributed by atoms with Crippen LogP contribution in [0, 0.1) is 0 Å². The molecule has 0 unspecified atom stereocenters. The Morgan fingerprint density at radius 3 is 2.16 bits per heavy atom. The lowest BCUT2D eigenvalue weighted by Crippen LogP contribution is -2.62. The molecule has 1 aliphatic heterocycles. The summed E-state index contributed by atoms with van der Waals surface area (Å²) in [7, 11) is -2.25. The van der Waals surface area contributed by atoms with Crippen molar-refractivity contribution in [1.82, 2.24) is 0 Å². The molecule has 0 aliphatic carbocycles. The molecule has 0 aromatic heterocycles. The van der Waals surface area contributed by atoms with Gasteiger partial charge in [-0.2, -0.15) is 0 Å². The van der Waals surface area contributed by atoms with Crippen molar-refractivity contribution in [3.63, 3.8) is 0 Å². The first-order chi connectivity index (χ1) is 11.3. The Morgan fingerprint density at radius 2 is 1.72 bits per heavy atom. The predicted molar refractivity (Wildman–Crippen MR) is 97.9 cm³/mol. The Morgan fingerprint density at radius 1 is 1.16 bits per heavy atom. The van der Waals surface area contributed by atoms with Crippen LogP contribution < -0.4 is 0 Å². The molecule has 0 spiro atoms. The van der Waals surface area contributed by atoms with E-state index in [1.807, 2.05) is 0 Å². The van der Waals surface area contributed by atoms with Crippen molar-refractivity contribution in [3.05, 3.63) is 0 Å². The zero-order chi connectivity index (χ0) is 19.6. The molecule has 1 rings (SSSR count). The lowest BCUT2D eigenvalue weighted by atomic mass is 10.0. The van der Waals surface area contributed by atoms with Gasteiger partial charge in [0, 0.05) is 13.8 Å². The summed E-state index contributed by atoms with van der Waals surface area (Å²) in [6.07, 6.45) is -3.40. The van der Waals surface area contributed by atoms with Crippen LogP contribution in [0.4, 0.5) is 0 Å². The number of carbonyl (C=O) groups is 2. The summed E-state index contributed by atoms with van der Waals surface area (Å²) in [5.74, 6) is -0.951. The number of aliphatic hydroxyl groups is 1. The van der Waals surface area contributed by atoms with Crippen molar-refractivity contribution in [3.8, 4) is 0 Å². The summed E-state index contributed by atoms with van der Waals surface area (Å²) >= 11 is 3.33. The van der Waals surface area contributed by atoms with Gasteiger partial charge in [-0.25, -0.2) is 0 Å². The average molecular weight is 441 g/mol. The van der Waals surface area contributed by atoms with Crippen LogP contribution >= 0.6 is 15.9 Å². The van der Waals surface area contributed by atoms with Crippen LogP contribution in [0.2, 0.25) is 18.1 Å². The first-order valence-electron chi connectivity index (χ1n) is 8.22. The lowest BCUT2D eigenvalue weighted by Gasteiger charge is -2.47. The van der Waals surface area contributed by atoms with Crippen molar-refractivity contribution in [2.24, 2.45) is 0 Å². The minimum atomic E-state index is -2.25. The van der Waals surface area contributed by atoms with E-state index in [2.05, 4.69) is 49.8 Å². The van der Waals surface area contributed by atoms with Crippen LogP contribution in [0.15, 0.2) is 0 Å². The second kappa shape index (κ2) is 8.47. The molecule has 0 aromatic rings. The van der Waals surface area contributed by atoms with Gasteiger partial charge in [0.1, 0.15) is 29.7 Å². The smallest absolute Gasteiger partial charge is 0.303 e. The molecule has 7 nitrogen and oxygen atoms in total. The van der Waals surface area contributed by atoms with Gasteiger partial charge in [-0.3, -0.25) is 9.59 Å². The molecule has 1 saturated heterocycles. The highest BCUT2D eigenvalue weighted by molar-refractivity contribution is 9.09. The normalized spacial score (nSPS) is 30.7. The standard InChI is InChI=1S/C16H29BrO7Si/c1-9(18)21-8-11-13(24-25(6,7)16(3,4)5)14(22-10(2)19)12(17)15(20)23-11/h11-15,20H,8H2,1-7H3/t11-,12-,13-,14-,15+/m1/s1. The highest BCUT2D eigenvalue weighted by Crippen LogP contribution is 2.40. The Kier molecular flexibility index (Phi) is 7.64. The Labute approximate surface area is 158 Å². The molecule has 1 aliphatic rings. The summed E-state index contributed by atoms with van der Waals surface area (Å²) < 4.78 is 22.5. The van der Waals surface area contributed by atoms with Crippen LogP contribution in [0.25, 0.3) is 0 Å². The second-order valence-corrected chi connectivity index (χ2v) is 13.5. The highest BCUT2D eigenvalue weighted by Gasteiger charge is 2.51. The van der Waals surface area contributed by atoms with Gasteiger partial charge >= 0.3 is 11.9 Å². The van der Waals surface area contributed by atoms with Gasteiger partial charge in [-0.15, -0.1) is 0 Å². The maximum Gasteiger partial charge on any atom is 0.303 e. The topological polar surface area (TPSA) is 91.3 Å². The fraction of sp³-hybridized carbons (Fsp3) is 0.875. The van der Waals surface area contributed by atoms with Crippen molar-refractivity contribution in [2.75, 3.05) is 6.61 Å². The molecule has 0 radical (unpaired) electrons. The van der Waals surface area contributed by atoms with Gasteiger partial charge in [-0.05, 0) is 18.1 Å². The van der Waals surface area contributed by atoms with Crippen LogP contribution in [-0.2, 0) is 28.2 Å². The first kappa shape index (κ1) is 22.6. The second-order valence-electron chi connectivity index (χ2n) is 7.73. The monoisotopic (exact) mass is 440 g/mol. The molecule has 25 heavy (non-hydrogen) atoms. The van der Waals surface area contributed by atoms with E-state index in [-0.39, 0.29) is 11.6 Å². The maximum atomic E-state index is 11.5. The minimum absolute atomic E-state index is 0.0857. The average Bonchev–Trinajstić information content (AvgIpc) is 2.43. The molecular weight excluding hydrogens is 412 g/mol. The number of aliphatic hydroxyl groups excluding tert-OH is 1. The van der Waals surface area contributed by atoms with Crippen LogP contribution in [0.3, 0.4) is 0 Å². The number of rotatable bonds is 5. The van der Waals surface area contributed by atoms with Crippen LogP contribution in [0.1, 0.15) is 34.6 Å². The van der Waals surface area contributed by atoms with E-state index in [0.29, 0.717) is 0 Å². The minimum Gasteiger partial charge on any atom is -0.463 e. The van der Waals surface area contributed by atoms with E-state index in [0.717, 1.165) is 0 Å². The van der Waals surface area contributed by atoms with Crippen molar-refractivity contribution >= 4 is 36.2 Å². The summed E-state index contributed by atoms with van der Waals surface area (Å²) in [5.41, 5.74) is 0. The first-order valence-corrected chi connectivity index (χ1v) is 12.0. The van der Waals surface area contributed by atoms with Gasteiger partial charge in [0.05, 0.1) is 0 Å². The van der Waals surface area contributed by atoms with Gasteiger partial charge in [0.2, 0.25) is 0 Å². The fourth-order valence-electron chi connectivity index (χ4n) is 2.20. The molecular formula is C16H29BrO7Si. The van der Waals surface area contributed by atoms with E-state index in [9.17, 15) is 14.7 Å². The number of ether oxygens (including phenoxy) is 3. The molecule has 1 heterocycles. The third kappa shape index (κ3) is 6.02. The summed E-state index contributed by atoms with van der Waals surface area (Å²) in [4.78, 5) is 22.1. The van der Waals surface area contributed by atoms with E-state index in [1.165, 1.54) is 13.8 Å². The Balaban J connectivity index is 3.15. The zero-order valence-electron chi connectivity index (χ0n) is 15.9. The molecule has 0 saturated carbocycles. The van der Waals surface area contributed by atoms with Crippen molar-refractivity contribution < 1.29 is 33.3 Å². The largest absolute Gasteiger partial charge is 0.463 e. The van der Waals surface area contributed by atoms with E-state index in [1.54, 1.807) is 0 Å². The van der Waals surface area contributed by atoms with Crippen LogP contribution in [-0.4, -0.2) is 61.4 Å². The van der Waals surface area contributed by atoms with Gasteiger partial charge in [-0.1, -0.05) is 36.7 Å². The van der Waals surface area contributed by atoms with E-state index >= 15 is 0 Å². The third-order valence-corrected chi connectivity index (χ3v) is 10.0. The Hall–Kier alpha value is -0.483. The number of carbonyl (C=O) groups excluding carboxylic acids is 2. The zero-order valence-corrected chi connectivity index (χ0v) is 18.5. The molecule has 1 fully saturated rings.